The molecule has 0 heterocycles. The van der Waals surface area contributed by atoms with Gasteiger partial charge in [-0.05, 0) is 25.1 Å². The molecule has 0 saturated heterocycles. The lowest BCUT2D eigenvalue weighted by Crippen LogP contribution is -2.20. The number of hydrogen-bond acceptors (Lipinski definition) is 3. The maximum absolute atomic E-state index is 11.1. The minimum absolute atomic E-state index is 0.497. The summed E-state index contributed by atoms with van der Waals surface area (Å²) in [6.45, 7) is 1.93. The largest absolute Gasteiger partial charge is 0.545 e. The van der Waals surface area contributed by atoms with Crippen molar-refractivity contribution in [3.05, 3.63) is 42.0 Å². The number of carboxylic acid groups (broad SMARTS) is 1. The lowest BCUT2D eigenvalue weighted by atomic mass is 10.2. The molecule has 0 aliphatic rings. The highest BCUT2D eigenvalue weighted by atomic mass is 16.4. The summed E-state index contributed by atoms with van der Waals surface area (Å²) in [6.07, 6.45) is 1.60. The number of carbonyl (C=O) groups is 2. The number of carbonyl (C=O) groups excluding carboxylic acids is 2. The van der Waals surface area contributed by atoms with E-state index >= 15 is 0 Å². The first-order valence-electron chi connectivity index (χ1n) is 4.34. The highest BCUT2D eigenvalue weighted by Gasteiger charge is 1.96. The van der Waals surface area contributed by atoms with Crippen LogP contribution in [0.1, 0.15) is 5.56 Å². The highest BCUT2D eigenvalue weighted by molar-refractivity contribution is 6.02. The first kappa shape index (κ1) is 11.0. The summed E-state index contributed by atoms with van der Waals surface area (Å²) in [6, 6.07) is 7.16. The summed E-state index contributed by atoms with van der Waals surface area (Å²) in [5.74, 6) is -1.89. The van der Waals surface area contributed by atoms with Gasteiger partial charge in [0, 0.05) is 11.8 Å². The third-order valence-corrected chi connectivity index (χ3v) is 1.69. The molecule has 15 heavy (non-hydrogen) atoms. The Hall–Kier alpha value is -2.10. The zero-order valence-corrected chi connectivity index (χ0v) is 8.19. The molecule has 1 aromatic carbocycles. The first-order valence-corrected chi connectivity index (χ1v) is 4.34. The molecule has 0 radical (unpaired) electrons. The third-order valence-electron chi connectivity index (χ3n) is 1.69. The van der Waals surface area contributed by atoms with E-state index < -0.39 is 11.9 Å². The standard InChI is InChI=1S/C11H11NO3/c1-8-2-4-9(5-3-8)12-10(13)6-7-11(14)15/h2-7H,1H3,(H,12,13)(H,14,15)/p-1. The number of aliphatic carboxylic acids is 1. The van der Waals surface area contributed by atoms with E-state index in [2.05, 4.69) is 5.32 Å². The van der Waals surface area contributed by atoms with Crippen molar-refractivity contribution < 1.29 is 14.7 Å². The number of amides is 1. The average Bonchev–Trinajstić information content (AvgIpc) is 2.19. The van der Waals surface area contributed by atoms with Gasteiger partial charge in [-0.3, -0.25) is 4.79 Å². The SMILES string of the molecule is Cc1ccc(NC(=O)C=CC(=O)[O-])cc1. The summed E-state index contributed by atoms with van der Waals surface area (Å²) in [4.78, 5) is 21.1. The van der Waals surface area contributed by atoms with Crippen molar-refractivity contribution in [2.75, 3.05) is 5.32 Å². The molecule has 0 atom stereocenters. The second kappa shape index (κ2) is 4.95. The average molecular weight is 204 g/mol. The van der Waals surface area contributed by atoms with Crippen molar-refractivity contribution >= 4 is 17.6 Å². The Labute approximate surface area is 87.2 Å². The quantitative estimate of drug-likeness (QED) is 0.717. The van der Waals surface area contributed by atoms with E-state index in [1.807, 2.05) is 19.1 Å². The minimum Gasteiger partial charge on any atom is -0.545 e. The molecule has 1 N–H and O–H groups in total. The van der Waals surface area contributed by atoms with Gasteiger partial charge in [0.2, 0.25) is 5.91 Å². The molecule has 0 spiro atoms. The number of hydrogen-bond donors (Lipinski definition) is 1. The molecule has 0 saturated carbocycles. The molecule has 0 aromatic heterocycles. The third kappa shape index (κ3) is 4.08. The highest BCUT2D eigenvalue weighted by Crippen LogP contribution is 2.08. The number of carboxylic acids is 1. The van der Waals surface area contributed by atoms with Gasteiger partial charge in [-0.2, -0.15) is 0 Å². The minimum atomic E-state index is -1.39. The van der Waals surface area contributed by atoms with E-state index in [1.54, 1.807) is 12.1 Å². The summed E-state index contributed by atoms with van der Waals surface area (Å²) < 4.78 is 0. The van der Waals surface area contributed by atoms with Crippen molar-refractivity contribution in [3.8, 4) is 0 Å². The van der Waals surface area contributed by atoms with Crippen molar-refractivity contribution in [1.82, 2.24) is 0 Å². The second-order valence-corrected chi connectivity index (χ2v) is 3.01. The van der Waals surface area contributed by atoms with Crippen LogP contribution in [0.25, 0.3) is 0 Å². The molecule has 0 fully saturated rings. The van der Waals surface area contributed by atoms with Gasteiger partial charge in [0.25, 0.3) is 0 Å². The summed E-state index contributed by atoms with van der Waals surface area (Å²) in [7, 11) is 0. The van der Waals surface area contributed by atoms with E-state index in [1.165, 1.54) is 0 Å². The Kier molecular flexibility index (Phi) is 3.62. The van der Waals surface area contributed by atoms with Crippen molar-refractivity contribution in [1.29, 1.82) is 0 Å². The first-order chi connectivity index (χ1) is 7.08. The fourth-order valence-electron chi connectivity index (χ4n) is 0.965. The van der Waals surface area contributed by atoms with Crippen LogP contribution in [0.3, 0.4) is 0 Å². The van der Waals surface area contributed by atoms with Gasteiger partial charge in [0.15, 0.2) is 0 Å². The molecule has 78 valence electrons. The van der Waals surface area contributed by atoms with Crippen molar-refractivity contribution in [3.63, 3.8) is 0 Å². The summed E-state index contributed by atoms with van der Waals surface area (Å²) in [5.41, 5.74) is 1.70. The smallest absolute Gasteiger partial charge is 0.248 e. The Bertz CT molecular complexity index is 393. The zero-order chi connectivity index (χ0) is 11.3. The maximum atomic E-state index is 11.1. The van der Waals surface area contributed by atoms with Gasteiger partial charge < -0.3 is 15.2 Å². The van der Waals surface area contributed by atoms with Crippen LogP contribution in [0.15, 0.2) is 36.4 Å². The maximum Gasteiger partial charge on any atom is 0.248 e. The molecule has 1 amide bonds. The fourth-order valence-corrected chi connectivity index (χ4v) is 0.965. The number of anilines is 1. The monoisotopic (exact) mass is 204 g/mol. The molecule has 0 unspecified atom stereocenters. The zero-order valence-electron chi connectivity index (χ0n) is 8.19. The Morgan fingerprint density at radius 1 is 1.20 bits per heavy atom. The predicted octanol–water partition coefficient (Wildman–Crippen LogP) is 0.240. The number of aryl methyl sites for hydroxylation is 1. The fraction of sp³-hybridized carbons (Fsp3) is 0.0909. The van der Waals surface area contributed by atoms with Crippen LogP contribution >= 0.6 is 0 Å². The Morgan fingerprint density at radius 3 is 2.33 bits per heavy atom. The molecule has 1 aromatic rings. The van der Waals surface area contributed by atoms with Gasteiger partial charge >= 0.3 is 0 Å². The lowest BCUT2D eigenvalue weighted by Gasteiger charge is -2.02. The molecule has 4 nitrogen and oxygen atoms in total. The molecule has 4 heteroatoms. The lowest BCUT2D eigenvalue weighted by molar-refractivity contribution is -0.297. The topological polar surface area (TPSA) is 69.2 Å². The molecule has 1 rings (SSSR count). The van der Waals surface area contributed by atoms with Crippen LogP contribution in [0.2, 0.25) is 0 Å². The van der Waals surface area contributed by atoms with E-state index in [9.17, 15) is 14.7 Å². The van der Waals surface area contributed by atoms with Crippen LogP contribution in [0.5, 0.6) is 0 Å². The Balaban J connectivity index is 2.59. The summed E-state index contributed by atoms with van der Waals surface area (Å²) in [5, 5.41) is 12.5. The van der Waals surface area contributed by atoms with E-state index in [-0.39, 0.29) is 0 Å². The van der Waals surface area contributed by atoms with Gasteiger partial charge in [-0.1, -0.05) is 17.7 Å². The van der Waals surface area contributed by atoms with Gasteiger partial charge in [0.1, 0.15) is 0 Å². The van der Waals surface area contributed by atoms with Crippen LogP contribution in [0, 0.1) is 6.92 Å². The number of nitrogens with one attached hydrogen (secondary N) is 1. The molecular formula is C11H10NO3-. The number of rotatable bonds is 3. The molecule has 0 aliphatic heterocycles. The van der Waals surface area contributed by atoms with Crippen LogP contribution in [-0.4, -0.2) is 11.9 Å². The van der Waals surface area contributed by atoms with Crippen LogP contribution < -0.4 is 10.4 Å². The van der Waals surface area contributed by atoms with E-state index in [4.69, 9.17) is 0 Å². The molecule has 0 bridgehead atoms. The van der Waals surface area contributed by atoms with Crippen molar-refractivity contribution in [2.45, 2.75) is 6.92 Å². The van der Waals surface area contributed by atoms with Gasteiger partial charge in [-0.25, -0.2) is 0 Å². The summed E-state index contributed by atoms with van der Waals surface area (Å²) >= 11 is 0. The van der Waals surface area contributed by atoms with Gasteiger partial charge in [0.05, 0.1) is 5.97 Å². The second-order valence-electron chi connectivity index (χ2n) is 3.01. The number of benzene rings is 1. The molecular weight excluding hydrogens is 194 g/mol. The Morgan fingerprint density at radius 2 is 1.80 bits per heavy atom. The van der Waals surface area contributed by atoms with Crippen LogP contribution in [-0.2, 0) is 9.59 Å². The normalized spacial score (nSPS) is 10.2. The van der Waals surface area contributed by atoms with E-state index in [0.717, 1.165) is 11.6 Å². The molecule has 0 aliphatic carbocycles. The van der Waals surface area contributed by atoms with Crippen LogP contribution in [0.4, 0.5) is 5.69 Å². The predicted molar refractivity (Wildman–Crippen MR) is 54.0 cm³/mol. The van der Waals surface area contributed by atoms with Gasteiger partial charge in [-0.15, -0.1) is 0 Å². The van der Waals surface area contributed by atoms with E-state index in [0.29, 0.717) is 11.8 Å². The van der Waals surface area contributed by atoms with Crippen molar-refractivity contribution in [2.24, 2.45) is 0 Å².